The van der Waals surface area contributed by atoms with Gasteiger partial charge in [-0.3, -0.25) is 4.28 Å². The van der Waals surface area contributed by atoms with Crippen LogP contribution in [0, 0.1) is 0 Å². The van der Waals surface area contributed by atoms with E-state index in [9.17, 15) is 34.8 Å². The Morgan fingerprint density at radius 1 is 0.926 bits per heavy atom. The number of hydrogen-bond donors (Lipinski definition) is 0. The van der Waals surface area contributed by atoms with Crippen LogP contribution in [0.15, 0.2) is 47.6 Å². The summed E-state index contributed by atoms with van der Waals surface area (Å²) in [4.78, 5) is 0. The van der Waals surface area contributed by atoms with Gasteiger partial charge in [0, 0.05) is 5.56 Å². The van der Waals surface area contributed by atoms with Crippen molar-refractivity contribution >= 4 is 15.8 Å². The van der Waals surface area contributed by atoms with Crippen LogP contribution in [-0.2, 0) is 20.8 Å². The summed E-state index contributed by atoms with van der Waals surface area (Å²) in [6.45, 7) is 0. The number of oxime groups is 1. The van der Waals surface area contributed by atoms with Crippen LogP contribution < -0.4 is 0 Å². The van der Waals surface area contributed by atoms with Crippen molar-refractivity contribution in [3.63, 3.8) is 0 Å². The van der Waals surface area contributed by atoms with E-state index >= 15 is 0 Å². The lowest BCUT2D eigenvalue weighted by Crippen LogP contribution is -2.28. The van der Waals surface area contributed by atoms with E-state index in [0.717, 1.165) is 23.3 Å². The first-order chi connectivity index (χ1) is 12.4. The molecule has 27 heavy (non-hydrogen) atoms. The second-order valence-electron chi connectivity index (χ2n) is 5.62. The van der Waals surface area contributed by atoms with Crippen molar-refractivity contribution in [2.45, 2.75) is 18.1 Å². The maximum Gasteiger partial charge on any atom is 0.536 e. The summed E-state index contributed by atoms with van der Waals surface area (Å²) in [5.74, 6) is 0. The monoisotopic (exact) mass is 409 g/mol. The molecule has 1 aliphatic rings. The van der Waals surface area contributed by atoms with Gasteiger partial charge in [-0.05, 0) is 34.7 Å². The van der Waals surface area contributed by atoms with Crippen molar-refractivity contribution in [2.75, 3.05) is 0 Å². The molecule has 0 heterocycles. The van der Waals surface area contributed by atoms with Gasteiger partial charge in [-0.15, -0.1) is 0 Å². The van der Waals surface area contributed by atoms with Crippen LogP contribution in [0.2, 0.25) is 0 Å². The number of fused-ring (bicyclic) bond motifs is 3. The number of alkyl halides is 6. The smallest absolute Gasteiger partial charge is 0.261 e. The highest BCUT2D eigenvalue weighted by molar-refractivity contribution is 7.87. The van der Waals surface area contributed by atoms with Crippen LogP contribution in [0.3, 0.4) is 0 Å². The number of benzene rings is 2. The fraction of sp³-hybridized carbons (Fsp3) is 0.188. The summed E-state index contributed by atoms with van der Waals surface area (Å²) in [6.07, 6.45) is -4.75. The summed E-state index contributed by atoms with van der Waals surface area (Å²) in [6, 6.07) is 10.4. The molecular formula is C16H9F6NO3S. The number of nitrogens with zero attached hydrogens (tertiary/aromatic N) is 1. The molecule has 144 valence electrons. The Morgan fingerprint density at radius 2 is 1.56 bits per heavy atom. The van der Waals surface area contributed by atoms with Crippen molar-refractivity contribution < 1.29 is 39.0 Å². The Bertz CT molecular complexity index is 1030. The van der Waals surface area contributed by atoms with Gasteiger partial charge in [-0.25, -0.2) is 0 Å². The third-order valence-electron chi connectivity index (χ3n) is 3.85. The lowest BCUT2D eigenvalue weighted by molar-refractivity contribution is -0.0633. The predicted molar refractivity (Wildman–Crippen MR) is 83.3 cm³/mol. The second-order valence-corrected chi connectivity index (χ2v) is 7.14. The fourth-order valence-electron chi connectivity index (χ4n) is 2.67. The van der Waals surface area contributed by atoms with Gasteiger partial charge in [0.15, 0.2) is 5.71 Å². The van der Waals surface area contributed by atoms with Gasteiger partial charge < -0.3 is 0 Å². The molecule has 0 atom stereocenters. The molecular weight excluding hydrogens is 400 g/mol. The molecule has 0 aromatic heterocycles. The SMILES string of the molecule is O=S(=O)(O/N=C(/c1ccc2c(c1)-c1ccccc1C2)C(F)(F)F)C(F)(F)F. The van der Waals surface area contributed by atoms with E-state index in [4.69, 9.17) is 0 Å². The molecule has 0 N–H and O–H groups in total. The number of hydrogen-bond acceptors (Lipinski definition) is 4. The maximum absolute atomic E-state index is 13.2. The lowest BCUT2D eigenvalue weighted by atomic mass is 10.0. The maximum atomic E-state index is 13.2. The van der Waals surface area contributed by atoms with Gasteiger partial charge in [0.1, 0.15) is 0 Å². The largest absolute Gasteiger partial charge is 0.536 e. The highest BCUT2D eigenvalue weighted by Crippen LogP contribution is 2.38. The normalized spacial score (nSPS) is 14.7. The van der Waals surface area contributed by atoms with E-state index in [-0.39, 0.29) is 0 Å². The molecule has 3 rings (SSSR count). The molecule has 2 aromatic rings. The van der Waals surface area contributed by atoms with E-state index in [1.807, 2.05) is 0 Å². The standard InChI is InChI=1S/C16H9F6NO3S/c17-15(18,19)14(23-26-27(24,25)16(20,21)22)11-6-5-10-7-9-3-1-2-4-12(9)13(10)8-11/h1-6,8H,7H2/b23-14-. The van der Waals surface area contributed by atoms with Crippen LogP contribution in [0.25, 0.3) is 11.1 Å². The van der Waals surface area contributed by atoms with Gasteiger partial charge in [0.25, 0.3) is 0 Å². The topological polar surface area (TPSA) is 55.7 Å². The van der Waals surface area contributed by atoms with Crippen molar-refractivity contribution in [1.82, 2.24) is 0 Å². The molecule has 0 saturated heterocycles. The zero-order chi connectivity index (χ0) is 20.0. The predicted octanol–water partition coefficient (Wildman–Crippen LogP) is 4.39. The Morgan fingerprint density at radius 3 is 2.19 bits per heavy atom. The fourth-order valence-corrected chi connectivity index (χ4v) is 2.92. The average Bonchev–Trinajstić information content (AvgIpc) is 2.90. The summed E-state index contributed by atoms with van der Waals surface area (Å²) in [5.41, 5.74) is -5.66. The molecule has 0 radical (unpaired) electrons. The van der Waals surface area contributed by atoms with Gasteiger partial charge in [0.2, 0.25) is 0 Å². The molecule has 1 aliphatic carbocycles. The Kier molecular flexibility index (Phi) is 4.45. The Labute approximate surface area is 149 Å². The Balaban J connectivity index is 2.06. The number of halogens is 6. The highest BCUT2D eigenvalue weighted by Gasteiger charge is 2.49. The molecule has 2 aromatic carbocycles. The van der Waals surface area contributed by atoms with Gasteiger partial charge in [-0.1, -0.05) is 41.6 Å². The van der Waals surface area contributed by atoms with Crippen LogP contribution in [0.4, 0.5) is 26.3 Å². The number of rotatable bonds is 3. The first-order valence-corrected chi connectivity index (χ1v) is 8.67. The van der Waals surface area contributed by atoms with E-state index in [1.165, 1.54) is 6.07 Å². The lowest BCUT2D eigenvalue weighted by Gasteiger charge is -2.12. The molecule has 0 saturated carbocycles. The zero-order valence-electron chi connectivity index (χ0n) is 13.1. The molecule has 0 amide bonds. The molecule has 0 fully saturated rings. The van der Waals surface area contributed by atoms with Crippen LogP contribution in [0.5, 0.6) is 0 Å². The third kappa shape index (κ3) is 3.64. The highest BCUT2D eigenvalue weighted by atomic mass is 32.2. The van der Waals surface area contributed by atoms with Crippen molar-refractivity contribution in [1.29, 1.82) is 0 Å². The van der Waals surface area contributed by atoms with Crippen molar-refractivity contribution in [2.24, 2.45) is 5.16 Å². The molecule has 0 aliphatic heterocycles. The first-order valence-electron chi connectivity index (χ1n) is 7.27. The minimum absolute atomic E-state index is 0.457. The second kappa shape index (κ2) is 6.25. The average molecular weight is 409 g/mol. The summed E-state index contributed by atoms with van der Waals surface area (Å²) < 4.78 is 101. The van der Waals surface area contributed by atoms with E-state index in [1.54, 1.807) is 24.3 Å². The van der Waals surface area contributed by atoms with E-state index < -0.39 is 33.1 Å². The van der Waals surface area contributed by atoms with Crippen LogP contribution in [-0.4, -0.2) is 25.8 Å². The minimum atomic E-state index is -6.31. The third-order valence-corrected chi connectivity index (χ3v) is 4.69. The summed E-state index contributed by atoms with van der Waals surface area (Å²) in [7, 11) is -6.31. The van der Waals surface area contributed by atoms with E-state index in [2.05, 4.69) is 9.44 Å². The first kappa shape index (κ1) is 19.2. The molecule has 0 bridgehead atoms. The van der Waals surface area contributed by atoms with Crippen molar-refractivity contribution in [3.8, 4) is 11.1 Å². The zero-order valence-corrected chi connectivity index (χ0v) is 13.9. The molecule has 11 heteroatoms. The van der Waals surface area contributed by atoms with Gasteiger partial charge >= 0.3 is 21.8 Å². The van der Waals surface area contributed by atoms with Crippen LogP contribution in [0.1, 0.15) is 16.7 Å². The van der Waals surface area contributed by atoms with Gasteiger partial charge in [0.05, 0.1) is 0 Å². The summed E-state index contributed by atoms with van der Waals surface area (Å²) >= 11 is 0. The molecule has 0 spiro atoms. The Hall–Kier alpha value is -2.56. The van der Waals surface area contributed by atoms with Crippen LogP contribution >= 0.6 is 0 Å². The van der Waals surface area contributed by atoms with E-state index in [0.29, 0.717) is 17.5 Å². The quantitative estimate of drug-likeness (QED) is 0.279. The van der Waals surface area contributed by atoms with Gasteiger partial charge in [-0.2, -0.15) is 34.8 Å². The summed E-state index contributed by atoms with van der Waals surface area (Å²) in [5, 5.41) is 2.27. The molecule has 0 unspecified atom stereocenters. The van der Waals surface area contributed by atoms with Crippen molar-refractivity contribution in [3.05, 3.63) is 59.2 Å². The minimum Gasteiger partial charge on any atom is -0.261 e. The molecule has 4 nitrogen and oxygen atoms in total.